The molecule has 4 nitrogen and oxygen atoms in total. The molecule has 6 heteroatoms. The minimum absolute atomic E-state index is 0.0196. The van der Waals surface area contributed by atoms with E-state index in [2.05, 4.69) is 0 Å². The van der Waals surface area contributed by atoms with E-state index in [-0.39, 0.29) is 18.1 Å². The maximum absolute atomic E-state index is 11.7. The first-order valence-corrected chi connectivity index (χ1v) is 7.56. The van der Waals surface area contributed by atoms with E-state index >= 15 is 0 Å². The lowest BCUT2D eigenvalue weighted by molar-refractivity contribution is 0.354. The SMILES string of the molecule is NCCS(=O)(=O)Cc1cc(Cl)cc2c1OCC2. The van der Waals surface area contributed by atoms with E-state index in [9.17, 15) is 8.42 Å². The van der Waals surface area contributed by atoms with Crippen LogP contribution in [0.5, 0.6) is 5.75 Å². The van der Waals surface area contributed by atoms with Crippen LogP contribution in [-0.2, 0) is 22.0 Å². The summed E-state index contributed by atoms with van der Waals surface area (Å²) in [7, 11) is -3.19. The van der Waals surface area contributed by atoms with Gasteiger partial charge in [-0.1, -0.05) is 11.6 Å². The zero-order chi connectivity index (χ0) is 12.5. The highest BCUT2D eigenvalue weighted by Crippen LogP contribution is 2.33. The van der Waals surface area contributed by atoms with E-state index in [1.54, 1.807) is 6.07 Å². The van der Waals surface area contributed by atoms with Crippen LogP contribution in [0.1, 0.15) is 11.1 Å². The first-order chi connectivity index (χ1) is 8.02. The number of benzene rings is 1. The van der Waals surface area contributed by atoms with Crippen molar-refractivity contribution < 1.29 is 13.2 Å². The molecule has 0 spiro atoms. The summed E-state index contributed by atoms with van der Waals surface area (Å²) in [6.45, 7) is 0.714. The summed E-state index contributed by atoms with van der Waals surface area (Å²) < 4.78 is 28.9. The Morgan fingerprint density at radius 3 is 2.88 bits per heavy atom. The predicted octanol–water partition coefficient (Wildman–Crippen LogP) is 1.15. The van der Waals surface area contributed by atoms with E-state index in [0.29, 0.717) is 22.9 Å². The summed E-state index contributed by atoms with van der Waals surface area (Å²) in [5, 5.41) is 0.548. The van der Waals surface area contributed by atoms with Gasteiger partial charge in [0, 0.05) is 23.6 Å². The van der Waals surface area contributed by atoms with Gasteiger partial charge >= 0.3 is 0 Å². The van der Waals surface area contributed by atoms with Crippen molar-refractivity contribution in [3.05, 3.63) is 28.3 Å². The summed E-state index contributed by atoms with van der Waals surface area (Å²) in [4.78, 5) is 0. The number of ether oxygens (including phenoxy) is 1. The molecule has 0 saturated carbocycles. The largest absolute Gasteiger partial charge is 0.493 e. The van der Waals surface area contributed by atoms with Crippen molar-refractivity contribution in [1.82, 2.24) is 0 Å². The fourth-order valence-corrected chi connectivity index (χ4v) is 3.40. The minimum Gasteiger partial charge on any atom is -0.493 e. The molecule has 0 aromatic heterocycles. The second-order valence-corrected chi connectivity index (χ2v) is 6.65. The normalized spacial score (nSPS) is 14.5. The molecule has 1 aromatic carbocycles. The van der Waals surface area contributed by atoms with Crippen molar-refractivity contribution in [1.29, 1.82) is 0 Å². The molecule has 0 atom stereocenters. The van der Waals surface area contributed by atoms with E-state index in [4.69, 9.17) is 22.1 Å². The van der Waals surface area contributed by atoms with Gasteiger partial charge in [0.05, 0.1) is 18.1 Å². The standard InChI is InChI=1S/C11H14ClNO3S/c12-10-5-8-1-3-16-11(8)9(6-10)7-17(14,15)4-2-13/h5-6H,1-4,7,13H2. The van der Waals surface area contributed by atoms with Gasteiger partial charge in [0.1, 0.15) is 5.75 Å². The van der Waals surface area contributed by atoms with Gasteiger partial charge in [-0.15, -0.1) is 0 Å². The Hall–Kier alpha value is -0.780. The number of hydrogen-bond acceptors (Lipinski definition) is 4. The van der Waals surface area contributed by atoms with E-state index in [1.165, 1.54) is 0 Å². The molecule has 0 bridgehead atoms. The molecule has 1 heterocycles. The van der Waals surface area contributed by atoms with Gasteiger partial charge in [-0.05, 0) is 17.7 Å². The Labute approximate surface area is 106 Å². The predicted molar refractivity (Wildman–Crippen MR) is 67.2 cm³/mol. The Kier molecular flexibility index (Phi) is 3.61. The molecule has 94 valence electrons. The van der Waals surface area contributed by atoms with Crippen molar-refractivity contribution in [3.8, 4) is 5.75 Å². The molecule has 0 amide bonds. The quantitative estimate of drug-likeness (QED) is 0.895. The Morgan fingerprint density at radius 2 is 2.18 bits per heavy atom. The van der Waals surface area contributed by atoms with Crippen molar-refractivity contribution in [2.45, 2.75) is 12.2 Å². The van der Waals surface area contributed by atoms with E-state index in [1.807, 2.05) is 6.07 Å². The zero-order valence-corrected chi connectivity index (χ0v) is 10.9. The molecule has 1 aliphatic heterocycles. The zero-order valence-electron chi connectivity index (χ0n) is 9.28. The molecule has 0 radical (unpaired) electrons. The van der Waals surface area contributed by atoms with Gasteiger partial charge in [0.25, 0.3) is 0 Å². The van der Waals surface area contributed by atoms with Crippen molar-refractivity contribution >= 4 is 21.4 Å². The van der Waals surface area contributed by atoms with Crippen LogP contribution in [0.15, 0.2) is 12.1 Å². The number of sulfone groups is 1. The monoisotopic (exact) mass is 275 g/mol. The first kappa shape index (κ1) is 12.7. The molecule has 2 rings (SSSR count). The van der Waals surface area contributed by atoms with Crippen LogP contribution in [0.4, 0.5) is 0 Å². The van der Waals surface area contributed by atoms with E-state index < -0.39 is 9.84 Å². The van der Waals surface area contributed by atoms with Crippen LogP contribution in [0, 0.1) is 0 Å². The number of fused-ring (bicyclic) bond motifs is 1. The molecule has 0 saturated heterocycles. The van der Waals surface area contributed by atoms with Crippen LogP contribution in [0.25, 0.3) is 0 Å². The van der Waals surface area contributed by atoms with Crippen LogP contribution < -0.4 is 10.5 Å². The van der Waals surface area contributed by atoms with Crippen LogP contribution in [0.2, 0.25) is 5.02 Å². The summed E-state index contributed by atoms with van der Waals surface area (Å²) in [6.07, 6.45) is 0.778. The fourth-order valence-electron chi connectivity index (χ4n) is 1.94. The molecule has 0 aliphatic carbocycles. The second kappa shape index (κ2) is 4.84. The molecule has 17 heavy (non-hydrogen) atoms. The smallest absolute Gasteiger partial charge is 0.155 e. The molecule has 2 N–H and O–H groups in total. The molecular formula is C11H14ClNO3S. The number of nitrogens with two attached hydrogens (primary N) is 1. The second-order valence-electron chi connectivity index (χ2n) is 4.03. The maximum atomic E-state index is 11.7. The minimum atomic E-state index is -3.19. The van der Waals surface area contributed by atoms with Gasteiger partial charge in [0.15, 0.2) is 9.84 Å². The number of hydrogen-bond donors (Lipinski definition) is 1. The average molecular weight is 276 g/mol. The lowest BCUT2D eigenvalue weighted by Gasteiger charge is -2.09. The van der Waals surface area contributed by atoms with Gasteiger partial charge in [-0.3, -0.25) is 0 Å². The molecule has 0 fully saturated rings. The third-order valence-corrected chi connectivity index (χ3v) is 4.46. The molecule has 1 aliphatic rings. The maximum Gasteiger partial charge on any atom is 0.155 e. The average Bonchev–Trinajstić information content (AvgIpc) is 2.64. The summed E-state index contributed by atoms with van der Waals surface area (Å²) in [5.41, 5.74) is 6.89. The van der Waals surface area contributed by atoms with Gasteiger partial charge < -0.3 is 10.5 Å². The summed E-state index contributed by atoms with van der Waals surface area (Å²) >= 11 is 5.96. The molecular weight excluding hydrogens is 262 g/mol. The van der Waals surface area contributed by atoms with Crippen molar-refractivity contribution in [3.63, 3.8) is 0 Å². The number of rotatable bonds is 4. The fraction of sp³-hybridized carbons (Fsp3) is 0.455. The first-order valence-electron chi connectivity index (χ1n) is 5.36. The Morgan fingerprint density at radius 1 is 1.41 bits per heavy atom. The van der Waals surface area contributed by atoms with Crippen LogP contribution >= 0.6 is 11.6 Å². The molecule has 1 aromatic rings. The number of halogens is 1. The lowest BCUT2D eigenvalue weighted by atomic mass is 10.1. The third-order valence-electron chi connectivity index (χ3n) is 2.63. The topological polar surface area (TPSA) is 69.4 Å². The molecule has 0 unspecified atom stereocenters. The Balaban J connectivity index is 2.34. The highest BCUT2D eigenvalue weighted by molar-refractivity contribution is 7.90. The van der Waals surface area contributed by atoms with E-state index in [0.717, 1.165) is 12.0 Å². The van der Waals surface area contributed by atoms with Gasteiger partial charge in [-0.2, -0.15) is 0 Å². The van der Waals surface area contributed by atoms with Crippen molar-refractivity contribution in [2.24, 2.45) is 5.73 Å². The third kappa shape index (κ3) is 2.91. The summed E-state index contributed by atoms with van der Waals surface area (Å²) in [5.74, 6) is 0.594. The summed E-state index contributed by atoms with van der Waals surface area (Å²) in [6, 6.07) is 3.47. The lowest BCUT2D eigenvalue weighted by Crippen LogP contribution is -2.17. The highest BCUT2D eigenvalue weighted by atomic mass is 35.5. The Bertz CT molecular complexity index is 528. The van der Waals surface area contributed by atoms with Crippen molar-refractivity contribution in [2.75, 3.05) is 18.9 Å². The highest BCUT2D eigenvalue weighted by Gasteiger charge is 2.21. The van der Waals surface area contributed by atoms with Gasteiger partial charge in [-0.25, -0.2) is 8.42 Å². The van der Waals surface area contributed by atoms with Crippen LogP contribution in [0.3, 0.4) is 0 Å². The van der Waals surface area contributed by atoms with Crippen LogP contribution in [-0.4, -0.2) is 27.3 Å². The van der Waals surface area contributed by atoms with Gasteiger partial charge in [0.2, 0.25) is 0 Å².